The van der Waals surface area contributed by atoms with E-state index in [9.17, 15) is 19.2 Å². The molecule has 0 aliphatic carbocycles. The summed E-state index contributed by atoms with van der Waals surface area (Å²) in [5.74, 6) is -0.0423. The van der Waals surface area contributed by atoms with Gasteiger partial charge in [0.2, 0.25) is 17.9 Å². The zero-order chi connectivity index (χ0) is 61.3. The number of carbonyl (C=O) groups is 4. The number of Topliss-reactive ketones (excluding diaryl/α,β-unsaturated/α-hetero) is 2. The molecule has 0 saturated heterocycles. The van der Waals surface area contributed by atoms with Crippen LogP contribution in [0.1, 0.15) is 142 Å². The largest absolute Gasteiger partial charge is 0.454 e. The molecule has 0 heterocycles. The number of ketones is 2. The van der Waals surface area contributed by atoms with E-state index in [1.807, 2.05) is 12.2 Å². The molecular formula is C62H102ClN11O7. The van der Waals surface area contributed by atoms with E-state index < -0.39 is 11.5 Å². The number of aliphatic hydroxyl groups is 1. The first-order chi connectivity index (χ1) is 39.0. The highest BCUT2D eigenvalue weighted by Crippen LogP contribution is 2.04. The van der Waals surface area contributed by atoms with Gasteiger partial charge in [-0.25, -0.2) is 9.59 Å². The highest BCUT2D eigenvalue weighted by Gasteiger charge is 2.07. The van der Waals surface area contributed by atoms with Gasteiger partial charge in [0.15, 0.2) is 5.96 Å². The number of guanidine groups is 4. The third kappa shape index (κ3) is 75.0. The minimum absolute atomic E-state index is 0.0969. The van der Waals surface area contributed by atoms with E-state index in [1.54, 1.807) is 33.1 Å². The Balaban J connectivity index is -0.000000608. The molecule has 0 aromatic rings. The summed E-state index contributed by atoms with van der Waals surface area (Å²) in [7, 11) is 6.72. The predicted molar refractivity (Wildman–Crippen MR) is 341 cm³/mol. The third-order valence-corrected chi connectivity index (χ3v) is 9.83. The van der Waals surface area contributed by atoms with E-state index >= 15 is 0 Å². The maximum Gasteiger partial charge on any atom is 0.413 e. The molecule has 0 aromatic heterocycles. The van der Waals surface area contributed by atoms with Crippen molar-refractivity contribution in [2.45, 2.75) is 142 Å². The molecule has 0 aromatic carbocycles. The van der Waals surface area contributed by atoms with Crippen molar-refractivity contribution in [1.82, 2.24) is 15.1 Å². The van der Waals surface area contributed by atoms with Gasteiger partial charge in [0.1, 0.15) is 11.6 Å². The summed E-state index contributed by atoms with van der Waals surface area (Å²) in [4.78, 5) is 55.7. The maximum absolute atomic E-state index is 11.9. The van der Waals surface area contributed by atoms with Crippen LogP contribution in [0.5, 0.6) is 0 Å². The second kappa shape index (κ2) is 65.4. The SMILES string of the molecule is CC/C=C\C/C=C\C/C=C\C/C=C\C/C=C\C/C=C\CCC(=O)CCCOC(=O)Cl.CC/C=C\C/C=C\C/C=C\C/C=C\C/C=C\C/C=C\CCC(=O)CCCOC(=O)NC(N)=NC(=N)N(C)C.CN(C)C(N)=NC(=N)N.NCCO. The summed E-state index contributed by atoms with van der Waals surface area (Å²) < 4.78 is 9.55. The summed E-state index contributed by atoms with van der Waals surface area (Å²) in [6.07, 6.45) is 67.0. The molecule has 19 heteroatoms. The molecular weight excluding hydrogens is 1050 g/mol. The first kappa shape index (κ1) is 80.3. The van der Waals surface area contributed by atoms with Crippen LogP contribution in [0.2, 0.25) is 0 Å². The number of nitrogens with two attached hydrogens (primary N) is 4. The topological polar surface area (TPSA) is 302 Å². The Morgan fingerprint density at radius 1 is 0.506 bits per heavy atom. The molecule has 0 aliphatic rings. The van der Waals surface area contributed by atoms with Crippen LogP contribution < -0.4 is 28.3 Å². The number of aliphatic hydroxyl groups excluding tert-OH is 1. The molecule has 0 saturated carbocycles. The number of nitrogens with zero attached hydrogens (tertiary/aromatic N) is 4. The van der Waals surface area contributed by atoms with Crippen molar-refractivity contribution >= 4 is 58.5 Å². The van der Waals surface area contributed by atoms with Crippen molar-refractivity contribution in [1.29, 1.82) is 10.8 Å². The van der Waals surface area contributed by atoms with Crippen LogP contribution in [0, 0.1) is 10.8 Å². The lowest BCUT2D eigenvalue weighted by Gasteiger charge is -2.10. The summed E-state index contributed by atoms with van der Waals surface area (Å²) in [5.41, 5.74) is 19.7. The molecule has 1 amide bonds. The van der Waals surface area contributed by atoms with Crippen LogP contribution >= 0.6 is 11.6 Å². The molecule has 18 nitrogen and oxygen atoms in total. The average molecular weight is 1150 g/mol. The molecule has 0 spiro atoms. The zero-order valence-electron chi connectivity index (χ0n) is 49.7. The Morgan fingerprint density at radius 2 is 0.815 bits per heavy atom. The highest BCUT2D eigenvalue weighted by molar-refractivity contribution is 6.61. The number of ether oxygens (including phenoxy) is 2. The lowest BCUT2D eigenvalue weighted by Crippen LogP contribution is -2.39. The second-order valence-corrected chi connectivity index (χ2v) is 17.8. The first-order valence-electron chi connectivity index (χ1n) is 27.8. The zero-order valence-corrected chi connectivity index (χ0v) is 50.5. The summed E-state index contributed by atoms with van der Waals surface area (Å²) in [5, 5.41) is 24.2. The number of amides is 1. The molecule has 0 fully saturated rings. The Labute approximate surface area is 491 Å². The summed E-state index contributed by atoms with van der Waals surface area (Å²) in [6, 6.07) is 0. The smallest absolute Gasteiger partial charge is 0.413 e. The minimum Gasteiger partial charge on any atom is -0.454 e. The van der Waals surface area contributed by atoms with Crippen molar-refractivity contribution in [2.24, 2.45) is 32.9 Å². The average Bonchev–Trinajstić information content (AvgIpc) is 3.42. The number of hydrogen-bond donors (Lipinski definition) is 8. The molecule has 0 aliphatic heterocycles. The van der Waals surface area contributed by atoms with Gasteiger partial charge in [0.25, 0.3) is 0 Å². The van der Waals surface area contributed by atoms with Gasteiger partial charge in [-0.2, -0.15) is 9.98 Å². The Morgan fingerprint density at radius 3 is 1.07 bits per heavy atom. The Kier molecular flexibility index (Phi) is 64.8. The summed E-state index contributed by atoms with van der Waals surface area (Å²) in [6.45, 7) is 5.07. The number of hydrogen-bond acceptors (Lipinski definition) is 10. The van der Waals surface area contributed by atoms with Gasteiger partial charge < -0.3 is 47.3 Å². The van der Waals surface area contributed by atoms with Crippen LogP contribution in [0.25, 0.3) is 0 Å². The number of carbonyl (C=O) groups excluding carboxylic acids is 4. The third-order valence-electron chi connectivity index (χ3n) is 9.72. The fraction of sp³-hybridized carbons (Fsp3) is 0.484. The molecule has 0 radical (unpaired) electrons. The van der Waals surface area contributed by atoms with E-state index in [1.165, 1.54) is 4.90 Å². The number of alkyl carbamates (subject to hydrolysis) is 1. The first-order valence-corrected chi connectivity index (χ1v) is 28.2. The van der Waals surface area contributed by atoms with Crippen molar-refractivity contribution in [3.63, 3.8) is 0 Å². The number of nitrogens with one attached hydrogen (secondary N) is 3. The van der Waals surface area contributed by atoms with E-state index in [-0.39, 0.29) is 55.2 Å². The molecule has 0 atom stereocenters. The van der Waals surface area contributed by atoms with E-state index in [0.29, 0.717) is 51.5 Å². The van der Waals surface area contributed by atoms with Gasteiger partial charge in [0.05, 0.1) is 19.8 Å². The number of rotatable bonds is 37. The van der Waals surface area contributed by atoms with Gasteiger partial charge in [-0.1, -0.05) is 160 Å². The Hall–Kier alpha value is -7.15. The van der Waals surface area contributed by atoms with Crippen molar-refractivity contribution in [3.05, 3.63) is 146 Å². The van der Waals surface area contributed by atoms with E-state index in [0.717, 1.165) is 83.5 Å². The Bertz CT molecular complexity index is 2080. The van der Waals surface area contributed by atoms with Crippen molar-refractivity contribution in [3.8, 4) is 0 Å². The van der Waals surface area contributed by atoms with Crippen LogP contribution in [0.4, 0.5) is 9.59 Å². The lowest BCUT2D eigenvalue weighted by atomic mass is 10.1. The van der Waals surface area contributed by atoms with Crippen LogP contribution in [-0.2, 0) is 19.1 Å². The predicted octanol–water partition coefficient (Wildman–Crippen LogP) is 12.2. The number of allylic oxidation sites excluding steroid dienone is 24. The van der Waals surface area contributed by atoms with E-state index in [4.69, 9.17) is 55.2 Å². The van der Waals surface area contributed by atoms with Gasteiger partial charge >= 0.3 is 11.5 Å². The standard InChI is InChI=1S/C30H47N5O3.C26H37ClO3.C4H11N5.C2H7NO/c1-4-5-6-7-8-9-10-11-12-13-14-15-16-17-18-19-20-21-22-24-27(36)25-23-26-38-30(37)34-28(31)33-29(32)35(2)3;1-2-3-4-5-6-7-8-9-10-11-12-13-14-15-16-17-18-19-20-22-25(28)23-21-24-30-26(27)29;1-9(2)4(7)8-3(5)6;3-1-2-4/h5-6,8-9,11-12,14-15,17-18,20-21H,4,7,10,13,16,19,22-26H2,1-3H3,(H4,31,32,33,34,37);3-4,6-7,9-10,12-13,15-16,18-19H,2,5,8,11,14,17,20-24H2,1H3;1-2H3,(H5,5,6,7,8);4H,1-3H2/b6-5-,9-8-,12-11-,15-14-,18-17-,21-20-;4-3-,7-6-,10-9-,13-12-,16-15-,19-18-;;. The normalized spacial score (nSPS) is 12.2. The van der Waals surface area contributed by atoms with Crippen LogP contribution in [0.3, 0.4) is 0 Å². The molecule has 0 unspecified atom stereocenters. The van der Waals surface area contributed by atoms with Gasteiger partial charge in [-0.05, 0) is 103 Å². The molecule has 12 N–H and O–H groups in total. The number of halogens is 1. The lowest BCUT2D eigenvalue weighted by molar-refractivity contribution is -0.120. The van der Waals surface area contributed by atoms with Gasteiger partial charge in [-0.15, -0.1) is 0 Å². The van der Waals surface area contributed by atoms with Crippen LogP contribution in [0.15, 0.2) is 156 Å². The second-order valence-electron chi connectivity index (χ2n) is 17.5. The molecule has 454 valence electrons. The quantitative estimate of drug-likeness (QED) is 0.00945. The fourth-order valence-corrected chi connectivity index (χ4v) is 5.56. The number of aliphatic imine (C=N–C) groups is 2. The van der Waals surface area contributed by atoms with Gasteiger partial charge in [-0.3, -0.25) is 25.7 Å². The van der Waals surface area contributed by atoms with E-state index in [2.05, 4.69) is 168 Å². The van der Waals surface area contributed by atoms with Crippen molar-refractivity contribution in [2.75, 3.05) is 54.6 Å². The molecule has 0 rings (SSSR count). The maximum atomic E-state index is 11.9. The molecule has 0 bridgehead atoms. The monoisotopic (exact) mass is 1150 g/mol. The van der Waals surface area contributed by atoms with Gasteiger partial charge in [0, 0.05) is 72.0 Å². The van der Waals surface area contributed by atoms with Crippen LogP contribution in [-0.4, -0.2) is 116 Å². The minimum atomic E-state index is -0.819. The van der Waals surface area contributed by atoms with Crippen molar-refractivity contribution < 1.29 is 33.8 Å². The summed E-state index contributed by atoms with van der Waals surface area (Å²) >= 11 is 5.04. The molecule has 81 heavy (non-hydrogen) atoms. The highest BCUT2D eigenvalue weighted by atomic mass is 35.5. The fourth-order valence-electron chi connectivity index (χ4n) is 5.48.